The Morgan fingerprint density at radius 3 is 2.83 bits per heavy atom. The minimum atomic E-state index is -4.83. The Labute approximate surface area is 110 Å². The molecule has 1 aliphatic rings. The van der Waals surface area contributed by atoms with E-state index in [1.54, 1.807) is 5.38 Å². The first-order chi connectivity index (χ1) is 8.38. The number of halogens is 3. The summed E-state index contributed by atoms with van der Waals surface area (Å²) >= 11 is 2.64. The zero-order valence-electron chi connectivity index (χ0n) is 9.32. The molecule has 1 saturated heterocycles. The van der Waals surface area contributed by atoms with Crippen molar-refractivity contribution in [3.8, 4) is 0 Å². The van der Waals surface area contributed by atoms with Crippen LogP contribution in [0.5, 0.6) is 0 Å². The highest BCUT2D eigenvalue weighted by Crippen LogP contribution is 2.33. The number of amides is 1. The molecule has 0 radical (unpaired) electrons. The van der Waals surface area contributed by atoms with Crippen LogP contribution >= 0.6 is 23.1 Å². The summed E-state index contributed by atoms with van der Waals surface area (Å²) in [6.45, 7) is 1.89. The van der Waals surface area contributed by atoms with Crippen molar-refractivity contribution in [2.45, 2.75) is 13.1 Å². The van der Waals surface area contributed by atoms with Gasteiger partial charge in [0.15, 0.2) is 0 Å². The topological polar surface area (TPSA) is 33.2 Å². The van der Waals surface area contributed by atoms with Crippen molar-refractivity contribution < 1.29 is 18.0 Å². The van der Waals surface area contributed by atoms with Gasteiger partial charge in [-0.3, -0.25) is 9.69 Å². The maximum Gasteiger partial charge on any atom is 0.471 e. The third-order valence-electron chi connectivity index (χ3n) is 2.23. The number of thioether (sulfide) groups is 1. The van der Waals surface area contributed by atoms with E-state index in [9.17, 15) is 18.0 Å². The second-order valence-electron chi connectivity index (χ2n) is 3.58. The van der Waals surface area contributed by atoms with E-state index in [2.05, 4.69) is 4.98 Å². The fourth-order valence-corrected chi connectivity index (χ4v) is 3.06. The van der Waals surface area contributed by atoms with Crippen molar-refractivity contribution in [1.82, 2.24) is 9.88 Å². The number of aryl methyl sites for hydroxylation is 1. The van der Waals surface area contributed by atoms with E-state index >= 15 is 0 Å². The third-order valence-corrected chi connectivity index (χ3v) is 4.04. The summed E-state index contributed by atoms with van der Waals surface area (Å²) in [5.74, 6) is -1.35. The minimum absolute atomic E-state index is 0.0813. The van der Waals surface area contributed by atoms with Crippen molar-refractivity contribution in [3.05, 3.63) is 21.1 Å². The van der Waals surface area contributed by atoms with E-state index in [1.807, 2.05) is 6.92 Å². The zero-order chi connectivity index (χ0) is 13.3. The molecule has 1 aromatic heterocycles. The van der Waals surface area contributed by atoms with Crippen LogP contribution in [0.25, 0.3) is 6.08 Å². The molecule has 1 fully saturated rings. The Morgan fingerprint density at radius 1 is 1.56 bits per heavy atom. The summed E-state index contributed by atoms with van der Waals surface area (Å²) in [5.41, 5.74) is 0.585. The second-order valence-corrected chi connectivity index (χ2v) is 5.75. The van der Waals surface area contributed by atoms with Crippen molar-refractivity contribution in [2.75, 3.05) is 12.3 Å². The second kappa shape index (κ2) is 4.93. The summed E-state index contributed by atoms with van der Waals surface area (Å²) in [6.07, 6.45) is -3.31. The van der Waals surface area contributed by atoms with E-state index in [1.165, 1.54) is 29.2 Å². The third kappa shape index (κ3) is 2.86. The van der Waals surface area contributed by atoms with Crippen LogP contribution in [0.3, 0.4) is 0 Å². The fourth-order valence-electron chi connectivity index (χ4n) is 1.48. The summed E-state index contributed by atoms with van der Waals surface area (Å²) < 4.78 is 37.1. The van der Waals surface area contributed by atoms with Gasteiger partial charge in [-0.05, 0) is 13.0 Å². The van der Waals surface area contributed by atoms with Crippen LogP contribution < -0.4 is 0 Å². The van der Waals surface area contributed by atoms with Gasteiger partial charge in [0.25, 0.3) is 0 Å². The normalized spacial score (nSPS) is 18.7. The molecule has 18 heavy (non-hydrogen) atoms. The molecule has 0 atom stereocenters. The van der Waals surface area contributed by atoms with Gasteiger partial charge in [0.2, 0.25) is 0 Å². The van der Waals surface area contributed by atoms with Crippen molar-refractivity contribution >= 4 is 35.1 Å². The zero-order valence-corrected chi connectivity index (χ0v) is 11.0. The highest BCUT2D eigenvalue weighted by Gasteiger charge is 2.44. The van der Waals surface area contributed by atoms with E-state index in [-0.39, 0.29) is 6.54 Å². The number of aromatic nitrogens is 1. The molecule has 0 aromatic carbocycles. The summed E-state index contributed by atoms with van der Waals surface area (Å²) in [6, 6.07) is 0. The van der Waals surface area contributed by atoms with Gasteiger partial charge in [-0.2, -0.15) is 13.2 Å². The van der Waals surface area contributed by atoms with Gasteiger partial charge in [-0.25, -0.2) is 4.98 Å². The van der Waals surface area contributed by atoms with E-state index in [0.717, 1.165) is 9.91 Å². The molecule has 0 aliphatic carbocycles. The lowest BCUT2D eigenvalue weighted by Crippen LogP contribution is -2.38. The first-order valence-electron chi connectivity index (χ1n) is 5.03. The smallest absolute Gasteiger partial charge is 0.298 e. The number of hydrogen-bond acceptors (Lipinski definition) is 4. The lowest BCUT2D eigenvalue weighted by atomic mass is 10.4. The number of hydrogen-bond donors (Lipinski definition) is 0. The molecule has 0 saturated carbocycles. The predicted octanol–water partition coefficient (Wildman–Crippen LogP) is 2.89. The highest BCUT2D eigenvalue weighted by atomic mass is 32.2. The maximum atomic E-state index is 12.4. The van der Waals surface area contributed by atoms with Crippen LogP contribution in [0.1, 0.15) is 10.7 Å². The van der Waals surface area contributed by atoms with Gasteiger partial charge < -0.3 is 0 Å². The van der Waals surface area contributed by atoms with Crippen LogP contribution in [-0.4, -0.2) is 34.3 Å². The van der Waals surface area contributed by atoms with E-state index < -0.39 is 12.1 Å². The Bertz CT molecular complexity index is 496. The maximum absolute atomic E-state index is 12.4. The SMILES string of the molecule is Cc1nc(/C=C2/SCCN2C(=O)C(F)(F)F)cs1. The summed E-state index contributed by atoms with van der Waals surface area (Å²) in [5, 5.41) is 2.89. The van der Waals surface area contributed by atoms with Gasteiger partial charge in [0.1, 0.15) is 0 Å². The average molecular weight is 294 g/mol. The van der Waals surface area contributed by atoms with E-state index in [0.29, 0.717) is 16.5 Å². The van der Waals surface area contributed by atoms with Gasteiger partial charge in [-0.1, -0.05) is 0 Å². The highest BCUT2D eigenvalue weighted by molar-refractivity contribution is 8.03. The van der Waals surface area contributed by atoms with Crippen molar-refractivity contribution in [1.29, 1.82) is 0 Å². The molecule has 98 valence electrons. The number of alkyl halides is 3. The summed E-state index contributed by atoms with van der Waals surface area (Å²) in [7, 11) is 0. The van der Waals surface area contributed by atoms with Gasteiger partial charge in [0, 0.05) is 17.7 Å². The average Bonchev–Trinajstić information content (AvgIpc) is 2.86. The predicted molar refractivity (Wildman–Crippen MR) is 65.1 cm³/mol. The largest absolute Gasteiger partial charge is 0.471 e. The molecule has 0 spiro atoms. The Balaban J connectivity index is 2.23. The van der Waals surface area contributed by atoms with Crippen LogP contribution in [-0.2, 0) is 4.79 Å². The first-order valence-corrected chi connectivity index (χ1v) is 6.90. The molecule has 2 heterocycles. The molecular formula is C10H9F3N2OS2. The Hall–Kier alpha value is -1.02. The number of nitrogens with zero attached hydrogens (tertiary/aromatic N) is 2. The molecular weight excluding hydrogens is 285 g/mol. The first kappa shape index (κ1) is 13.4. The monoisotopic (exact) mass is 294 g/mol. The molecule has 3 nitrogen and oxygen atoms in total. The number of rotatable bonds is 1. The number of carbonyl (C=O) groups excluding carboxylic acids is 1. The van der Waals surface area contributed by atoms with Crippen LogP contribution in [0.2, 0.25) is 0 Å². The molecule has 2 rings (SSSR count). The molecule has 0 bridgehead atoms. The lowest BCUT2D eigenvalue weighted by molar-refractivity contribution is -0.182. The van der Waals surface area contributed by atoms with Crippen LogP contribution in [0, 0.1) is 6.92 Å². The van der Waals surface area contributed by atoms with Crippen LogP contribution in [0.4, 0.5) is 13.2 Å². The Kier molecular flexibility index (Phi) is 3.67. The van der Waals surface area contributed by atoms with Crippen LogP contribution in [0.15, 0.2) is 10.4 Å². The van der Waals surface area contributed by atoms with E-state index in [4.69, 9.17) is 0 Å². The fraction of sp³-hybridized carbons (Fsp3) is 0.400. The molecule has 1 aliphatic heterocycles. The number of carbonyl (C=O) groups is 1. The van der Waals surface area contributed by atoms with Gasteiger partial charge >= 0.3 is 12.1 Å². The Morgan fingerprint density at radius 2 is 2.28 bits per heavy atom. The standard InChI is InChI=1S/C10H9F3N2OS2/c1-6-14-7(5-18-6)4-8-15(2-3-17-8)9(16)10(11,12)13/h4-5H,2-3H2,1H3/b8-4+. The molecule has 8 heteroatoms. The number of thiazole rings is 1. The molecule has 1 amide bonds. The summed E-state index contributed by atoms with van der Waals surface area (Å²) in [4.78, 5) is 16.1. The lowest BCUT2D eigenvalue weighted by Gasteiger charge is -2.18. The van der Waals surface area contributed by atoms with Gasteiger partial charge in [0.05, 0.1) is 15.7 Å². The minimum Gasteiger partial charge on any atom is -0.298 e. The molecule has 0 unspecified atom stereocenters. The quantitative estimate of drug-likeness (QED) is 0.798. The van der Waals surface area contributed by atoms with Gasteiger partial charge in [-0.15, -0.1) is 23.1 Å². The van der Waals surface area contributed by atoms with Crippen molar-refractivity contribution in [2.24, 2.45) is 0 Å². The molecule has 0 N–H and O–H groups in total. The van der Waals surface area contributed by atoms with Crippen molar-refractivity contribution in [3.63, 3.8) is 0 Å². The molecule has 1 aromatic rings.